The van der Waals surface area contributed by atoms with Gasteiger partial charge in [-0.2, -0.15) is 0 Å². The zero-order valence-electron chi connectivity index (χ0n) is 18.9. The van der Waals surface area contributed by atoms with Crippen LogP contribution in [0.25, 0.3) is 10.8 Å². The summed E-state index contributed by atoms with van der Waals surface area (Å²) in [5.41, 5.74) is 0.936. The van der Waals surface area contributed by atoms with E-state index in [1.165, 1.54) is 4.90 Å². The number of fused-ring (bicyclic) bond motifs is 2. The van der Waals surface area contributed by atoms with Crippen LogP contribution in [-0.4, -0.2) is 60.8 Å². The molecule has 4 rings (SSSR count). The summed E-state index contributed by atoms with van der Waals surface area (Å²) in [5.74, 6) is -1.55. The normalized spacial score (nSPS) is 20.0. The Labute approximate surface area is 192 Å². The quantitative estimate of drug-likeness (QED) is 0.473. The van der Waals surface area contributed by atoms with Crippen LogP contribution in [0.4, 0.5) is 0 Å². The summed E-state index contributed by atoms with van der Waals surface area (Å²) in [6, 6.07) is 11.7. The van der Waals surface area contributed by atoms with E-state index >= 15 is 0 Å². The molecule has 0 spiro atoms. The van der Waals surface area contributed by atoms with Gasteiger partial charge in [0, 0.05) is 13.6 Å². The number of likely N-dealkylation sites (N-methyl/N-ethyl adjacent to an activating group) is 1. The third-order valence-corrected chi connectivity index (χ3v) is 6.53. The van der Waals surface area contributed by atoms with Crippen LogP contribution in [0.1, 0.15) is 31.2 Å². The minimum Gasteiger partial charge on any atom is -0.497 e. The van der Waals surface area contributed by atoms with E-state index in [2.05, 4.69) is 0 Å². The molecule has 0 N–H and O–H groups in total. The predicted molar refractivity (Wildman–Crippen MR) is 120 cm³/mol. The van der Waals surface area contributed by atoms with Crippen molar-refractivity contribution < 1.29 is 28.7 Å². The molecule has 1 heterocycles. The molecule has 174 valence electrons. The third-order valence-electron chi connectivity index (χ3n) is 6.53. The number of imide groups is 1. The van der Waals surface area contributed by atoms with E-state index in [1.807, 2.05) is 36.4 Å². The van der Waals surface area contributed by atoms with Gasteiger partial charge in [-0.25, -0.2) is 0 Å². The Morgan fingerprint density at radius 1 is 1.00 bits per heavy atom. The zero-order chi connectivity index (χ0) is 23.5. The number of rotatable bonds is 7. The number of ether oxygens (including phenoxy) is 2. The van der Waals surface area contributed by atoms with Crippen LogP contribution in [0.3, 0.4) is 0 Å². The highest BCUT2D eigenvalue weighted by molar-refractivity contribution is 6.07. The van der Waals surface area contributed by atoms with E-state index in [1.54, 1.807) is 14.2 Å². The first-order chi connectivity index (χ1) is 15.9. The van der Waals surface area contributed by atoms with Gasteiger partial charge in [0.1, 0.15) is 12.3 Å². The summed E-state index contributed by atoms with van der Waals surface area (Å²) >= 11 is 0. The molecule has 0 bridgehead atoms. The number of amides is 3. The summed E-state index contributed by atoms with van der Waals surface area (Å²) in [6.07, 6.45) is 3.22. The number of esters is 1. The monoisotopic (exact) mass is 452 g/mol. The van der Waals surface area contributed by atoms with Crippen molar-refractivity contribution in [1.29, 1.82) is 0 Å². The largest absolute Gasteiger partial charge is 0.497 e. The van der Waals surface area contributed by atoms with Crippen LogP contribution < -0.4 is 4.74 Å². The lowest BCUT2D eigenvalue weighted by atomic mass is 9.81. The molecule has 8 nitrogen and oxygen atoms in total. The minimum absolute atomic E-state index is 0.293. The van der Waals surface area contributed by atoms with Crippen LogP contribution >= 0.6 is 0 Å². The van der Waals surface area contributed by atoms with Crippen LogP contribution in [0.2, 0.25) is 0 Å². The summed E-state index contributed by atoms with van der Waals surface area (Å²) in [5, 5.41) is 2.06. The molecule has 1 aliphatic heterocycles. The number of hydrogen-bond acceptors (Lipinski definition) is 6. The topological polar surface area (TPSA) is 93.2 Å². The van der Waals surface area contributed by atoms with Crippen LogP contribution in [0.15, 0.2) is 36.4 Å². The first-order valence-electron chi connectivity index (χ1n) is 11.2. The number of nitrogens with zero attached hydrogens (tertiary/aromatic N) is 2. The number of carbonyl (C=O) groups is 4. The molecule has 1 saturated carbocycles. The van der Waals surface area contributed by atoms with Gasteiger partial charge in [-0.3, -0.25) is 24.1 Å². The van der Waals surface area contributed by atoms with Gasteiger partial charge in [0.05, 0.1) is 18.9 Å². The van der Waals surface area contributed by atoms with Crippen molar-refractivity contribution in [2.45, 2.75) is 32.2 Å². The van der Waals surface area contributed by atoms with Gasteiger partial charge in [-0.05, 0) is 47.4 Å². The Bertz CT molecular complexity index is 1070. The molecule has 1 aliphatic carbocycles. The third kappa shape index (κ3) is 4.84. The Hall–Kier alpha value is -3.42. The standard InChI is InChI=1S/C25H28N2O6/c1-26(13-16-7-8-18-12-19(32-2)10-9-17(18)11-16)22(28)15-33-23(29)14-27-24(30)20-5-3-4-6-21(20)25(27)31/h7-12,20-21H,3-6,13-15H2,1-2H3. The smallest absolute Gasteiger partial charge is 0.326 e. The van der Waals surface area contributed by atoms with Crippen LogP contribution in [0, 0.1) is 11.8 Å². The van der Waals surface area contributed by atoms with E-state index in [0.29, 0.717) is 19.4 Å². The lowest BCUT2D eigenvalue weighted by molar-refractivity contribution is -0.156. The van der Waals surface area contributed by atoms with Gasteiger partial charge < -0.3 is 14.4 Å². The lowest BCUT2D eigenvalue weighted by Crippen LogP contribution is -2.38. The fourth-order valence-electron chi connectivity index (χ4n) is 4.67. The molecule has 8 heteroatoms. The number of methoxy groups -OCH3 is 1. The average Bonchev–Trinajstić information content (AvgIpc) is 3.07. The molecule has 2 aliphatic rings. The molecule has 2 aromatic carbocycles. The lowest BCUT2D eigenvalue weighted by Gasteiger charge is -2.19. The van der Waals surface area contributed by atoms with Crippen LogP contribution in [-0.2, 0) is 30.5 Å². The van der Waals surface area contributed by atoms with E-state index in [0.717, 1.165) is 39.8 Å². The second-order valence-corrected chi connectivity index (χ2v) is 8.72. The molecule has 1 saturated heterocycles. The van der Waals surface area contributed by atoms with E-state index in [4.69, 9.17) is 9.47 Å². The average molecular weight is 453 g/mol. The Balaban J connectivity index is 1.28. The fourth-order valence-corrected chi connectivity index (χ4v) is 4.67. The highest BCUT2D eigenvalue weighted by Crippen LogP contribution is 2.37. The molecule has 0 aromatic heterocycles. The summed E-state index contributed by atoms with van der Waals surface area (Å²) in [7, 11) is 3.25. The van der Waals surface area contributed by atoms with Crippen molar-refractivity contribution in [3.05, 3.63) is 42.0 Å². The molecule has 2 unspecified atom stereocenters. The number of benzene rings is 2. The van der Waals surface area contributed by atoms with Crippen LogP contribution in [0.5, 0.6) is 5.75 Å². The van der Waals surface area contributed by atoms with Crippen molar-refractivity contribution in [2.24, 2.45) is 11.8 Å². The minimum atomic E-state index is -0.753. The molecule has 3 amide bonds. The van der Waals surface area contributed by atoms with Crippen molar-refractivity contribution in [3.8, 4) is 5.75 Å². The Morgan fingerprint density at radius 2 is 1.64 bits per heavy atom. The van der Waals surface area contributed by atoms with Crippen molar-refractivity contribution >= 4 is 34.5 Å². The maximum absolute atomic E-state index is 12.5. The van der Waals surface area contributed by atoms with Gasteiger partial charge in [0.15, 0.2) is 6.61 Å². The maximum Gasteiger partial charge on any atom is 0.326 e. The fraction of sp³-hybridized carbons (Fsp3) is 0.440. The summed E-state index contributed by atoms with van der Waals surface area (Å²) < 4.78 is 10.3. The van der Waals surface area contributed by atoms with E-state index < -0.39 is 19.1 Å². The first kappa shape index (κ1) is 22.8. The summed E-state index contributed by atoms with van der Waals surface area (Å²) in [6.45, 7) is -0.524. The zero-order valence-corrected chi connectivity index (χ0v) is 18.9. The van der Waals surface area contributed by atoms with Crippen molar-refractivity contribution in [1.82, 2.24) is 9.80 Å². The highest BCUT2D eigenvalue weighted by Gasteiger charge is 2.48. The van der Waals surface area contributed by atoms with Gasteiger partial charge in [0.2, 0.25) is 11.8 Å². The van der Waals surface area contributed by atoms with Gasteiger partial charge in [-0.15, -0.1) is 0 Å². The number of carbonyl (C=O) groups excluding carboxylic acids is 4. The molecule has 2 aromatic rings. The molecule has 2 atom stereocenters. The van der Waals surface area contributed by atoms with Crippen molar-refractivity contribution in [2.75, 3.05) is 27.3 Å². The molecule has 2 fully saturated rings. The second kappa shape index (κ2) is 9.60. The predicted octanol–water partition coefficient (Wildman–Crippen LogP) is 2.53. The van der Waals surface area contributed by atoms with E-state index in [-0.39, 0.29) is 29.6 Å². The number of likely N-dealkylation sites (tertiary alicyclic amines) is 1. The van der Waals surface area contributed by atoms with E-state index in [9.17, 15) is 19.2 Å². The van der Waals surface area contributed by atoms with Gasteiger partial charge >= 0.3 is 5.97 Å². The van der Waals surface area contributed by atoms with Crippen molar-refractivity contribution in [3.63, 3.8) is 0 Å². The first-order valence-corrected chi connectivity index (χ1v) is 11.2. The number of hydrogen-bond donors (Lipinski definition) is 0. The Kier molecular flexibility index (Phi) is 6.62. The SMILES string of the molecule is COc1ccc2cc(CN(C)C(=O)COC(=O)CN3C(=O)C4CCCCC4C3=O)ccc2c1. The van der Waals surface area contributed by atoms with Gasteiger partial charge in [-0.1, -0.05) is 31.0 Å². The van der Waals surface area contributed by atoms with Gasteiger partial charge in [0.25, 0.3) is 5.91 Å². The molecule has 0 radical (unpaired) electrons. The summed E-state index contributed by atoms with van der Waals surface area (Å²) in [4.78, 5) is 52.1. The second-order valence-electron chi connectivity index (χ2n) is 8.72. The molecular weight excluding hydrogens is 424 g/mol. The highest BCUT2D eigenvalue weighted by atomic mass is 16.5. The molecular formula is C25H28N2O6. The maximum atomic E-state index is 12.5. The Morgan fingerprint density at radius 3 is 2.30 bits per heavy atom. The molecule has 33 heavy (non-hydrogen) atoms.